The lowest BCUT2D eigenvalue weighted by molar-refractivity contribution is 0.288. The Morgan fingerprint density at radius 1 is 1.35 bits per heavy atom. The molecule has 2 aromatic heterocycles. The lowest BCUT2D eigenvalue weighted by atomic mass is 10.2. The Labute approximate surface area is 123 Å². The minimum absolute atomic E-state index is 0.168. The van der Waals surface area contributed by atoms with Crippen molar-refractivity contribution in [3.05, 3.63) is 28.3 Å². The molecule has 2 rings (SSSR count). The molecule has 7 heteroatoms. The monoisotopic (exact) mass is 297 g/mol. The molecule has 0 aliphatic rings. The number of aliphatic hydroxyl groups excluding tert-OH is 1. The Morgan fingerprint density at radius 2 is 2.15 bits per heavy atom. The molecule has 0 aromatic carbocycles. The van der Waals surface area contributed by atoms with E-state index >= 15 is 0 Å². The third-order valence-corrected chi connectivity index (χ3v) is 3.62. The van der Waals surface area contributed by atoms with Gasteiger partial charge in [-0.1, -0.05) is 23.7 Å². The van der Waals surface area contributed by atoms with Crippen LogP contribution in [0, 0.1) is 0 Å². The van der Waals surface area contributed by atoms with Crippen molar-refractivity contribution in [3.63, 3.8) is 0 Å². The van der Waals surface area contributed by atoms with Crippen molar-refractivity contribution in [1.29, 1.82) is 0 Å². The normalized spacial score (nSPS) is 11.2. The van der Waals surface area contributed by atoms with Crippen LogP contribution >= 0.6 is 11.6 Å². The van der Waals surface area contributed by atoms with Crippen LogP contribution in [-0.4, -0.2) is 36.5 Å². The van der Waals surface area contributed by atoms with E-state index in [4.69, 9.17) is 16.7 Å². The van der Waals surface area contributed by atoms with Gasteiger partial charge >= 0.3 is 0 Å². The lowest BCUT2D eigenvalue weighted by Crippen LogP contribution is -2.08. The average molecular weight is 298 g/mol. The van der Waals surface area contributed by atoms with E-state index in [1.54, 1.807) is 4.68 Å². The molecule has 0 fully saturated rings. The molecule has 0 spiro atoms. The van der Waals surface area contributed by atoms with Gasteiger partial charge in [-0.05, 0) is 26.2 Å². The average Bonchev–Trinajstić information content (AvgIpc) is 3.03. The number of hydrogen-bond donors (Lipinski definition) is 1. The van der Waals surface area contributed by atoms with E-state index in [-0.39, 0.29) is 6.61 Å². The molecule has 1 N–H and O–H groups in total. The fourth-order valence-electron chi connectivity index (χ4n) is 2.11. The molecule has 20 heavy (non-hydrogen) atoms. The number of halogens is 1. The molecular weight excluding hydrogens is 278 g/mol. The minimum Gasteiger partial charge on any atom is -0.396 e. The van der Waals surface area contributed by atoms with Gasteiger partial charge in [0.2, 0.25) is 0 Å². The van der Waals surface area contributed by atoms with Crippen LogP contribution in [0.3, 0.4) is 0 Å². The van der Waals surface area contributed by atoms with Crippen molar-refractivity contribution >= 4 is 11.6 Å². The van der Waals surface area contributed by atoms with Gasteiger partial charge in [-0.2, -0.15) is 5.10 Å². The van der Waals surface area contributed by atoms with Gasteiger partial charge in [-0.25, -0.2) is 4.68 Å². The zero-order valence-electron chi connectivity index (χ0n) is 11.9. The first-order valence-corrected chi connectivity index (χ1v) is 7.31. The van der Waals surface area contributed by atoms with Crippen molar-refractivity contribution in [2.45, 2.75) is 46.2 Å². The topological polar surface area (TPSA) is 68.8 Å². The maximum absolute atomic E-state index is 8.82. The second-order valence-electron chi connectivity index (χ2n) is 4.61. The Hall–Kier alpha value is -1.40. The second-order valence-corrected chi connectivity index (χ2v) is 4.99. The number of nitrogens with zero attached hydrogens (tertiary/aromatic N) is 5. The molecule has 0 aliphatic carbocycles. The highest BCUT2D eigenvalue weighted by Crippen LogP contribution is 2.22. The van der Waals surface area contributed by atoms with E-state index in [1.165, 1.54) is 0 Å². The summed E-state index contributed by atoms with van der Waals surface area (Å²) in [7, 11) is 0. The molecule has 0 atom stereocenters. The smallest absolute Gasteiger partial charge is 0.0869 e. The van der Waals surface area contributed by atoms with Gasteiger partial charge in [0.25, 0.3) is 0 Å². The van der Waals surface area contributed by atoms with Gasteiger partial charge in [0.15, 0.2) is 0 Å². The fraction of sp³-hybridized carbons (Fsp3) is 0.615. The molecule has 0 unspecified atom stereocenters. The molecule has 2 heterocycles. The molecule has 2 aromatic rings. The standard InChI is InChI=1S/C13H20ClN5O/c1-3-11-13(14)12(19(4-2)16-11)9-18-8-10(15-17-18)6-5-7-20/h8,20H,3-7,9H2,1-2H3. The summed E-state index contributed by atoms with van der Waals surface area (Å²) in [6.07, 6.45) is 4.15. The summed E-state index contributed by atoms with van der Waals surface area (Å²) < 4.78 is 3.68. The van der Waals surface area contributed by atoms with Crippen molar-refractivity contribution in [1.82, 2.24) is 24.8 Å². The fourth-order valence-corrected chi connectivity index (χ4v) is 2.44. The zero-order chi connectivity index (χ0) is 14.5. The predicted octanol–water partition coefficient (Wildman–Crippen LogP) is 1.68. The van der Waals surface area contributed by atoms with Gasteiger partial charge < -0.3 is 5.11 Å². The highest BCUT2D eigenvalue weighted by atomic mass is 35.5. The summed E-state index contributed by atoms with van der Waals surface area (Å²) in [5.41, 5.74) is 2.77. The van der Waals surface area contributed by atoms with Crippen molar-refractivity contribution < 1.29 is 5.11 Å². The number of hydrogen-bond acceptors (Lipinski definition) is 4. The number of aryl methyl sites for hydroxylation is 3. The highest BCUT2D eigenvalue weighted by molar-refractivity contribution is 6.31. The van der Waals surface area contributed by atoms with Crippen LogP contribution in [-0.2, 0) is 25.9 Å². The quantitative estimate of drug-likeness (QED) is 0.844. The van der Waals surface area contributed by atoms with Crippen molar-refractivity contribution in [2.75, 3.05) is 6.61 Å². The van der Waals surface area contributed by atoms with E-state index in [0.717, 1.165) is 41.5 Å². The molecule has 6 nitrogen and oxygen atoms in total. The SMILES string of the molecule is CCc1nn(CC)c(Cn2cc(CCCO)nn2)c1Cl. The summed E-state index contributed by atoms with van der Waals surface area (Å²) in [5, 5.41) is 22.2. The van der Waals surface area contributed by atoms with Gasteiger partial charge in [-0.15, -0.1) is 5.10 Å². The first-order valence-electron chi connectivity index (χ1n) is 6.93. The maximum Gasteiger partial charge on any atom is 0.0869 e. The molecule has 110 valence electrons. The third kappa shape index (κ3) is 3.19. The number of rotatable bonds is 7. The molecular formula is C13H20ClN5O. The van der Waals surface area contributed by atoms with Crippen LogP contribution in [0.5, 0.6) is 0 Å². The van der Waals surface area contributed by atoms with Gasteiger partial charge in [0.1, 0.15) is 0 Å². The minimum atomic E-state index is 0.168. The van der Waals surface area contributed by atoms with Gasteiger partial charge in [0.05, 0.1) is 28.6 Å². The van der Waals surface area contributed by atoms with Crippen LogP contribution < -0.4 is 0 Å². The molecule has 0 saturated carbocycles. The molecule has 0 amide bonds. The van der Waals surface area contributed by atoms with Crippen LogP contribution in [0.4, 0.5) is 0 Å². The predicted molar refractivity (Wildman–Crippen MR) is 76.8 cm³/mol. The Morgan fingerprint density at radius 3 is 2.80 bits per heavy atom. The van der Waals surface area contributed by atoms with E-state index in [9.17, 15) is 0 Å². The second kappa shape index (κ2) is 6.85. The summed E-state index contributed by atoms with van der Waals surface area (Å²) in [4.78, 5) is 0. The Balaban J connectivity index is 2.16. The van der Waals surface area contributed by atoms with Crippen LogP contribution in [0.25, 0.3) is 0 Å². The highest BCUT2D eigenvalue weighted by Gasteiger charge is 2.15. The molecule has 0 saturated heterocycles. The van der Waals surface area contributed by atoms with Crippen molar-refractivity contribution in [2.24, 2.45) is 0 Å². The van der Waals surface area contributed by atoms with E-state index < -0.39 is 0 Å². The zero-order valence-corrected chi connectivity index (χ0v) is 12.6. The summed E-state index contributed by atoms with van der Waals surface area (Å²) >= 11 is 6.37. The summed E-state index contributed by atoms with van der Waals surface area (Å²) in [6.45, 7) is 5.59. The lowest BCUT2D eigenvalue weighted by Gasteiger charge is -2.04. The van der Waals surface area contributed by atoms with E-state index in [2.05, 4.69) is 15.4 Å². The van der Waals surface area contributed by atoms with E-state index in [1.807, 2.05) is 24.7 Å². The summed E-state index contributed by atoms with van der Waals surface area (Å²) in [5.74, 6) is 0. The molecule has 0 bridgehead atoms. The first-order chi connectivity index (χ1) is 9.69. The van der Waals surface area contributed by atoms with Crippen molar-refractivity contribution in [3.8, 4) is 0 Å². The first kappa shape index (κ1) is 15.0. The maximum atomic E-state index is 8.82. The Bertz CT molecular complexity index is 563. The third-order valence-electron chi connectivity index (χ3n) is 3.18. The largest absolute Gasteiger partial charge is 0.396 e. The molecule has 0 radical (unpaired) electrons. The molecule has 0 aliphatic heterocycles. The number of aromatic nitrogens is 5. The van der Waals surface area contributed by atoms with Gasteiger partial charge in [-0.3, -0.25) is 4.68 Å². The Kier molecular flexibility index (Phi) is 5.14. The van der Waals surface area contributed by atoms with E-state index in [0.29, 0.717) is 13.0 Å². The summed E-state index contributed by atoms with van der Waals surface area (Å²) in [6, 6.07) is 0. The van der Waals surface area contributed by atoms with Gasteiger partial charge in [0, 0.05) is 19.3 Å². The van der Waals surface area contributed by atoms with Crippen LogP contribution in [0.1, 0.15) is 37.4 Å². The van der Waals surface area contributed by atoms with Crippen LogP contribution in [0.15, 0.2) is 6.20 Å². The van der Waals surface area contributed by atoms with Crippen LogP contribution in [0.2, 0.25) is 5.02 Å². The number of aliphatic hydroxyl groups is 1.